The Balaban J connectivity index is 0.000000980. The van der Waals surface area contributed by atoms with Gasteiger partial charge in [0.05, 0.1) is 6.67 Å². The standard InChI is InChI=1S/C11H14N2.CH4/c1-12-7-8-13(10-12)9-11-5-3-2-4-6-11;/h2-8H,9-10H2,1H3;1H4. The van der Waals surface area contributed by atoms with Crippen LogP contribution in [0.15, 0.2) is 42.7 Å². The monoisotopic (exact) mass is 190 g/mol. The van der Waals surface area contributed by atoms with Crippen molar-refractivity contribution in [1.82, 2.24) is 9.80 Å². The lowest BCUT2D eigenvalue weighted by atomic mass is 10.2. The van der Waals surface area contributed by atoms with E-state index in [9.17, 15) is 0 Å². The zero-order chi connectivity index (χ0) is 9.10. The van der Waals surface area contributed by atoms with E-state index in [0.717, 1.165) is 13.2 Å². The molecule has 0 saturated carbocycles. The van der Waals surface area contributed by atoms with Gasteiger partial charge in [0.15, 0.2) is 0 Å². The van der Waals surface area contributed by atoms with E-state index in [0.29, 0.717) is 0 Å². The summed E-state index contributed by atoms with van der Waals surface area (Å²) in [5.74, 6) is 0. The number of rotatable bonds is 2. The molecule has 1 aliphatic rings. The lowest BCUT2D eigenvalue weighted by Crippen LogP contribution is -2.21. The molecule has 2 rings (SSSR count). The van der Waals surface area contributed by atoms with Gasteiger partial charge in [-0.25, -0.2) is 0 Å². The molecule has 0 bridgehead atoms. The molecule has 0 N–H and O–H groups in total. The summed E-state index contributed by atoms with van der Waals surface area (Å²) in [6, 6.07) is 10.5. The second kappa shape index (κ2) is 4.70. The van der Waals surface area contributed by atoms with Crippen molar-refractivity contribution in [3.05, 3.63) is 48.3 Å². The summed E-state index contributed by atoms with van der Waals surface area (Å²) < 4.78 is 0. The van der Waals surface area contributed by atoms with Gasteiger partial charge in [-0.2, -0.15) is 0 Å². The highest BCUT2D eigenvalue weighted by Gasteiger charge is 2.07. The fraction of sp³-hybridized carbons (Fsp3) is 0.333. The van der Waals surface area contributed by atoms with Gasteiger partial charge in [0, 0.05) is 26.0 Å². The Kier molecular flexibility index (Phi) is 3.57. The third-order valence-electron chi connectivity index (χ3n) is 2.17. The fourth-order valence-corrected chi connectivity index (χ4v) is 1.51. The van der Waals surface area contributed by atoms with E-state index in [1.165, 1.54) is 5.56 Å². The Morgan fingerprint density at radius 1 is 1.14 bits per heavy atom. The molecule has 0 aromatic heterocycles. The van der Waals surface area contributed by atoms with Crippen molar-refractivity contribution in [3.63, 3.8) is 0 Å². The zero-order valence-electron chi connectivity index (χ0n) is 7.85. The van der Waals surface area contributed by atoms with Gasteiger partial charge in [-0.3, -0.25) is 0 Å². The minimum Gasteiger partial charge on any atom is -0.362 e. The second-order valence-corrected chi connectivity index (χ2v) is 3.43. The molecule has 1 heterocycles. The first-order valence-corrected chi connectivity index (χ1v) is 4.51. The highest BCUT2D eigenvalue weighted by Crippen LogP contribution is 2.09. The fourth-order valence-electron chi connectivity index (χ4n) is 1.51. The van der Waals surface area contributed by atoms with Crippen LogP contribution in [0, 0.1) is 0 Å². The van der Waals surface area contributed by atoms with Crippen LogP contribution in [0.1, 0.15) is 13.0 Å². The van der Waals surface area contributed by atoms with Crippen LogP contribution in [0.4, 0.5) is 0 Å². The van der Waals surface area contributed by atoms with E-state index in [-0.39, 0.29) is 7.43 Å². The topological polar surface area (TPSA) is 6.48 Å². The first-order chi connectivity index (χ1) is 6.34. The summed E-state index contributed by atoms with van der Waals surface area (Å²) in [6.07, 6.45) is 4.23. The molecular weight excluding hydrogens is 172 g/mol. The van der Waals surface area contributed by atoms with Gasteiger partial charge in [-0.1, -0.05) is 37.8 Å². The SMILES string of the molecule is C.CN1C=CN(Cc2ccccc2)C1. The molecule has 0 atom stereocenters. The molecule has 1 aromatic rings. The van der Waals surface area contributed by atoms with E-state index in [1.54, 1.807) is 0 Å². The van der Waals surface area contributed by atoms with Crippen molar-refractivity contribution in [2.75, 3.05) is 13.7 Å². The molecule has 2 nitrogen and oxygen atoms in total. The van der Waals surface area contributed by atoms with Crippen molar-refractivity contribution in [3.8, 4) is 0 Å². The van der Waals surface area contributed by atoms with E-state index in [2.05, 4.69) is 59.6 Å². The molecule has 0 unspecified atom stereocenters. The normalized spacial score (nSPS) is 14.4. The van der Waals surface area contributed by atoms with Gasteiger partial charge in [-0.05, 0) is 5.56 Å². The van der Waals surface area contributed by atoms with Crippen molar-refractivity contribution < 1.29 is 0 Å². The third-order valence-corrected chi connectivity index (χ3v) is 2.17. The molecule has 76 valence electrons. The minimum absolute atomic E-state index is 0. The predicted octanol–water partition coefficient (Wildman–Crippen LogP) is 2.50. The van der Waals surface area contributed by atoms with E-state index in [1.807, 2.05) is 0 Å². The van der Waals surface area contributed by atoms with Crippen molar-refractivity contribution in [1.29, 1.82) is 0 Å². The highest BCUT2D eigenvalue weighted by molar-refractivity contribution is 5.15. The number of nitrogens with zero attached hydrogens (tertiary/aromatic N) is 2. The van der Waals surface area contributed by atoms with E-state index < -0.39 is 0 Å². The molecular formula is C12H18N2. The summed E-state index contributed by atoms with van der Waals surface area (Å²) in [5, 5.41) is 0. The van der Waals surface area contributed by atoms with Gasteiger partial charge in [0.25, 0.3) is 0 Å². The van der Waals surface area contributed by atoms with Gasteiger partial charge < -0.3 is 9.80 Å². The quantitative estimate of drug-likeness (QED) is 0.707. The molecule has 0 radical (unpaired) electrons. The average molecular weight is 190 g/mol. The zero-order valence-corrected chi connectivity index (χ0v) is 7.85. The van der Waals surface area contributed by atoms with Gasteiger partial charge in [-0.15, -0.1) is 0 Å². The van der Waals surface area contributed by atoms with Gasteiger partial charge in [0.2, 0.25) is 0 Å². The first kappa shape index (κ1) is 10.6. The Morgan fingerprint density at radius 2 is 1.86 bits per heavy atom. The van der Waals surface area contributed by atoms with Crippen molar-refractivity contribution in [2.24, 2.45) is 0 Å². The largest absolute Gasteiger partial charge is 0.362 e. The minimum atomic E-state index is 0. The molecule has 2 heteroatoms. The molecule has 1 aromatic carbocycles. The summed E-state index contributed by atoms with van der Waals surface area (Å²) in [7, 11) is 2.08. The van der Waals surface area contributed by atoms with Crippen LogP contribution in [-0.4, -0.2) is 23.5 Å². The smallest absolute Gasteiger partial charge is 0.0894 e. The highest BCUT2D eigenvalue weighted by atomic mass is 15.3. The van der Waals surface area contributed by atoms with E-state index in [4.69, 9.17) is 0 Å². The van der Waals surface area contributed by atoms with Crippen LogP contribution in [0.2, 0.25) is 0 Å². The number of benzene rings is 1. The summed E-state index contributed by atoms with van der Waals surface area (Å²) >= 11 is 0. The van der Waals surface area contributed by atoms with Crippen LogP contribution in [0.25, 0.3) is 0 Å². The number of hydrogen-bond acceptors (Lipinski definition) is 2. The van der Waals surface area contributed by atoms with E-state index >= 15 is 0 Å². The van der Waals surface area contributed by atoms with Crippen LogP contribution >= 0.6 is 0 Å². The molecule has 0 spiro atoms. The summed E-state index contributed by atoms with van der Waals surface area (Å²) in [6.45, 7) is 2.00. The van der Waals surface area contributed by atoms with Gasteiger partial charge in [0.1, 0.15) is 0 Å². The maximum atomic E-state index is 2.29. The summed E-state index contributed by atoms with van der Waals surface area (Å²) in [4.78, 5) is 4.46. The maximum absolute atomic E-state index is 2.29. The van der Waals surface area contributed by atoms with Crippen molar-refractivity contribution in [2.45, 2.75) is 14.0 Å². The molecule has 0 amide bonds. The molecule has 0 aliphatic carbocycles. The molecule has 0 fully saturated rings. The third kappa shape index (κ3) is 2.52. The van der Waals surface area contributed by atoms with Crippen molar-refractivity contribution >= 4 is 0 Å². The van der Waals surface area contributed by atoms with Crippen LogP contribution in [-0.2, 0) is 6.54 Å². The second-order valence-electron chi connectivity index (χ2n) is 3.43. The Hall–Kier alpha value is -1.44. The number of hydrogen-bond donors (Lipinski definition) is 0. The van der Waals surface area contributed by atoms with Crippen LogP contribution in [0.5, 0.6) is 0 Å². The summed E-state index contributed by atoms with van der Waals surface area (Å²) in [5.41, 5.74) is 1.36. The Labute approximate surface area is 86.5 Å². The first-order valence-electron chi connectivity index (χ1n) is 4.51. The molecule has 14 heavy (non-hydrogen) atoms. The van der Waals surface area contributed by atoms with Crippen LogP contribution < -0.4 is 0 Å². The predicted molar refractivity (Wildman–Crippen MR) is 60.5 cm³/mol. The lowest BCUT2D eigenvalue weighted by Gasteiger charge is -2.17. The molecule has 1 aliphatic heterocycles. The Bertz CT molecular complexity index is 292. The van der Waals surface area contributed by atoms with Gasteiger partial charge >= 0.3 is 0 Å². The average Bonchev–Trinajstić information content (AvgIpc) is 2.53. The molecule has 0 saturated heterocycles. The van der Waals surface area contributed by atoms with Crippen LogP contribution in [0.3, 0.4) is 0 Å². The Morgan fingerprint density at radius 3 is 2.43 bits per heavy atom. The lowest BCUT2D eigenvalue weighted by molar-refractivity contribution is 0.291. The maximum Gasteiger partial charge on any atom is 0.0894 e.